The van der Waals surface area contributed by atoms with Gasteiger partial charge in [0.15, 0.2) is 0 Å². The lowest BCUT2D eigenvalue weighted by Gasteiger charge is -2.30. The Hall–Kier alpha value is -1.29. The standard InChI is InChI=1S/C12H18N2O2/c1-9-5-6-16-11(9)7-13-10-3-4-12(15)14(2)8-10/h5-6,10,13H,3-4,7-8H2,1-2H3. The molecule has 16 heavy (non-hydrogen) atoms. The van der Waals surface area contributed by atoms with Gasteiger partial charge in [0.05, 0.1) is 12.8 Å². The summed E-state index contributed by atoms with van der Waals surface area (Å²) in [6, 6.07) is 2.35. The minimum Gasteiger partial charge on any atom is -0.468 e. The van der Waals surface area contributed by atoms with E-state index >= 15 is 0 Å². The molecule has 4 heteroatoms. The molecule has 0 spiro atoms. The van der Waals surface area contributed by atoms with Crippen molar-refractivity contribution in [3.05, 3.63) is 23.7 Å². The number of aryl methyl sites for hydroxylation is 1. The van der Waals surface area contributed by atoms with Crippen molar-refractivity contribution in [2.24, 2.45) is 0 Å². The number of piperidine rings is 1. The molecule has 1 aliphatic heterocycles. The first-order valence-electron chi connectivity index (χ1n) is 5.67. The highest BCUT2D eigenvalue weighted by atomic mass is 16.3. The Morgan fingerprint density at radius 1 is 1.62 bits per heavy atom. The van der Waals surface area contributed by atoms with Crippen LogP contribution in [0.5, 0.6) is 0 Å². The first-order chi connectivity index (χ1) is 7.66. The molecular weight excluding hydrogens is 204 g/mol. The fourth-order valence-corrected chi connectivity index (χ4v) is 2.00. The van der Waals surface area contributed by atoms with Gasteiger partial charge in [-0.1, -0.05) is 0 Å². The maximum absolute atomic E-state index is 11.3. The van der Waals surface area contributed by atoms with E-state index in [-0.39, 0.29) is 5.91 Å². The smallest absolute Gasteiger partial charge is 0.222 e. The normalized spacial score (nSPS) is 21.5. The minimum absolute atomic E-state index is 0.243. The van der Waals surface area contributed by atoms with Crippen LogP contribution in [0, 0.1) is 6.92 Å². The summed E-state index contributed by atoms with van der Waals surface area (Å²) in [5.74, 6) is 1.23. The maximum Gasteiger partial charge on any atom is 0.222 e. The molecule has 1 N–H and O–H groups in total. The summed E-state index contributed by atoms with van der Waals surface area (Å²) in [5, 5.41) is 3.43. The molecule has 88 valence electrons. The number of carbonyl (C=O) groups excluding carboxylic acids is 1. The SMILES string of the molecule is Cc1ccoc1CNC1CCC(=O)N(C)C1. The average molecular weight is 222 g/mol. The summed E-state index contributed by atoms with van der Waals surface area (Å²) in [6.07, 6.45) is 3.27. The van der Waals surface area contributed by atoms with Crippen LogP contribution in [0.1, 0.15) is 24.2 Å². The second kappa shape index (κ2) is 4.70. The molecule has 0 aromatic carbocycles. The van der Waals surface area contributed by atoms with E-state index in [1.54, 1.807) is 11.2 Å². The van der Waals surface area contributed by atoms with Gasteiger partial charge >= 0.3 is 0 Å². The summed E-state index contributed by atoms with van der Waals surface area (Å²) >= 11 is 0. The first-order valence-corrected chi connectivity index (χ1v) is 5.67. The Morgan fingerprint density at radius 2 is 2.44 bits per heavy atom. The van der Waals surface area contributed by atoms with E-state index in [0.717, 1.165) is 25.3 Å². The van der Waals surface area contributed by atoms with Crippen molar-refractivity contribution < 1.29 is 9.21 Å². The van der Waals surface area contributed by atoms with Crippen molar-refractivity contribution in [2.75, 3.05) is 13.6 Å². The van der Waals surface area contributed by atoms with Crippen LogP contribution in [0.4, 0.5) is 0 Å². The zero-order valence-corrected chi connectivity index (χ0v) is 9.82. The summed E-state index contributed by atoms with van der Waals surface area (Å²) in [4.78, 5) is 13.1. The maximum atomic E-state index is 11.3. The molecule has 0 radical (unpaired) electrons. The highest BCUT2D eigenvalue weighted by molar-refractivity contribution is 5.76. The summed E-state index contributed by atoms with van der Waals surface area (Å²) in [7, 11) is 1.86. The quantitative estimate of drug-likeness (QED) is 0.838. The van der Waals surface area contributed by atoms with Crippen LogP contribution in [-0.2, 0) is 11.3 Å². The van der Waals surface area contributed by atoms with Crippen LogP contribution >= 0.6 is 0 Å². The van der Waals surface area contributed by atoms with E-state index < -0.39 is 0 Å². The molecule has 1 atom stereocenters. The molecule has 1 fully saturated rings. The van der Waals surface area contributed by atoms with Crippen LogP contribution in [0.25, 0.3) is 0 Å². The average Bonchev–Trinajstić information content (AvgIpc) is 2.66. The molecule has 1 amide bonds. The number of nitrogens with one attached hydrogen (secondary N) is 1. The van der Waals surface area contributed by atoms with E-state index in [9.17, 15) is 4.79 Å². The summed E-state index contributed by atoms with van der Waals surface area (Å²) in [5.41, 5.74) is 1.17. The van der Waals surface area contributed by atoms with Gasteiger partial charge in [-0.15, -0.1) is 0 Å². The predicted octanol–water partition coefficient (Wildman–Crippen LogP) is 1.30. The van der Waals surface area contributed by atoms with Gasteiger partial charge in [0.1, 0.15) is 5.76 Å². The molecule has 2 rings (SSSR count). The van der Waals surface area contributed by atoms with Gasteiger partial charge in [0.25, 0.3) is 0 Å². The Balaban J connectivity index is 1.83. The molecule has 1 aromatic rings. The molecule has 2 heterocycles. The number of amides is 1. The molecule has 0 saturated carbocycles. The second-order valence-electron chi connectivity index (χ2n) is 4.42. The zero-order valence-electron chi connectivity index (χ0n) is 9.82. The van der Waals surface area contributed by atoms with E-state index in [0.29, 0.717) is 12.5 Å². The van der Waals surface area contributed by atoms with E-state index in [2.05, 4.69) is 5.32 Å². The van der Waals surface area contributed by atoms with Gasteiger partial charge in [0, 0.05) is 26.1 Å². The third kappa shape index (κ3) is 2.44. The lowest BCUT2D eigenvalue weighted by molar-refractivity contribution is -0.132. The number of rotatable bonds is 3. The van der Waals surface area contributed by atoms with Crippen LogP contribution in [0.3, 0.4) is 0 Å². The number of nitrogens with zero attached hydrogens (tertiary/aromatic N) is 1. The molecular formula is C12H18N2O2. The fraction of sp³-hybridized carbons (Fsp3) is 0.583. The van der Waals surface area contributed by atoms with Gasteiger partial charge in [-0.05, 0) is 25.0 Å². The van der Waals surface area contributed by atoms with Crippen molar-refractivity contribution in [2.45, 2.75) is 32.4 Å². The predicted molar refractivity (Wildman–Crippen MR) is 60.9 cm³/mol. The lowest BCUT2D eigenvalue weighted by atomic mass is 10.1. The van der Waals surface area contributed by atoms with Crippen molar-refractivity contribution in [1.29, 1.82) is 0 Å². The van der Waals surface area contributed by atoms with Crippen molar-refractivity contribution in [1.82, 2.24) is 10.2 Å². The van der Waals surface area contributed by atoms with Crippen LogP contribution in [-0.4, -0.2) is 30.4 Å². The Bertz CT molecular complexity index is 373. The molecule has 1 aliphatic rings. The number of hydrogen-bond donors (Lipinski definition) is 1. The molecule has 0 bridgehead atoms. The lowest BCUT2D eigenvalue weighted by Crippen LogP contribution is -2.46. The van der Waals surface area contributed by atoms with Gasteiger partial charge in [-0.2, -0.15) is 0 Å². The van der Waals surface area contributed by atoms with Gasteiger partial charge in [-0.25, -0.2) is 0 Å². The number of likely N-dealkylation sites (N-methyl/N-ethyl adjacent to an activating group) is 1. The van der Waals surface area contributed by atoms with Gasteiger partial charge in [0.2, 0.25) is 5.91 Å². The van der Waals surface area contributed by atoms with Crippen LogP contribution < -0.4 is 5.32 Å². The monoisotopic (exact) mass is 222 g/mol. The highest BCUT2D eigenvalue weighted by Crippen LogP contribution is 2.12. The van der Waals surface area contributed by atoms with Crippen LogP contribution in [0.2, 0.25) is 0 Å². The van der Waals surface area contributed by atoms with Crippen molar-refractivity contribution >= 4 is 5.91 Å². The second-order valence-corrected chi connectivity index (χ2v) is 4.42. The fourth-order valence-electron chi connectivity index (χ4n) is 2.00. The molecule has 1 saturated heterocycles. The third-order valence-electron chi connectivity index (χ3n) is 3.15. The first kappa shape index (κ1) is 11.2. The largest absolute Gasteiger partial charge is 0.468 e. The number of carbonyl (C=O) groups is 1. The van der Waals surface area contributed by atoms with Crippen molar-refractivity contribution in [3.63, 3.8) is 0 Å². The molecule has 4 nitrogen and oxygen atoms in total. The number of hydrogen-bond acceptors (Lipinski definition) is 3. The van der Waals surface area contributed by atoms with E-state index in [1.807, 2.05) is 20.0 Å². The highest BCUT2D eigenvalue weighted by Gasteiger charge is 2.22. The zero-order chi connectivity index (χ0) is 11.5. The van der Waals surface area contributed by atoms with Crippen molar-refractivity contribution in [3.8, 4) is 0 Å². The summed E-state index contributed by atoms with van der Waals surface area (Å²) in [6.45, 7) is 3.57. The number of likely N-dealkylation sites (tertiary alicyclic amines) is 1. The molecule has 1 aromatic heterocycles. The Labute approximate surface area is 95.6 Å². The Morgan fingerprint density at radius 3 is 3.06 bits per heavy atom. The minimum atomic E-state index is 0.243. The van der Waals surface area contributed by atoms with Gasteiger partial charge < -0.3 is 14.6 Å². The Kier molecular flexibility index (Phi) is 3.29. The molecule has 1 unspecified atom stereocenters. The van der Waals surface area contributed by atoms with E-state index in [4.69, 9.17) is 4.42 Å². The van der Waals surface area contributed by atoms with E-state index in [1.165, 1.54) is 5.56 Å². The molecule has 0 aliphatic carbocycles. The van der Waals surface area contributed by atoms with Gasteiger partial charge in [-0.3, -0.25) is 4.79 Å². The third-order valence-corrected chi connectivity index (χ3v) is 3.15. The number of furan rings is 1. The topological polar surface area (TPSA) is 45.5 Å². The van der Waals surface area contributed by atoms with Crippen LogP contribution in [0.15, 0.2) is 16.7 Å². The summed E-state index contributed by atoms with van der Waals surface area (Å²) < 4.78 is 5.36.